The van der Waals surface area contributed by atoms with Crippen LogP contribution in [0.2, 0.25) is 0 Å². The Morgan fingerprint density at radius 2 is 1.43 bits per heavy atom. The number of unbranched alkanes of at least 4 members (excludes halogenated alkanes) is 1. The summed E-state index contributed by atoms with van der Waals surface area (Å²) in [4.78, 5) is 83.8. The molecule has 22 nitrogen and oxygen atoms in total. The highest BCUT2D eigenvalue weighted by atomic mass is 16.5. The van der Waals surface area contributed by atoms with E-state index in [1.165, 1.54) is 13.2 Å². The first-order chi connectivity index (χ1) is 34.5. The number of aromatic nitrogens is 7. The monoisotopic (exact) mass is 992 g/mol. The lowest BCUT2D eigenvalue weighted by molar-refractivity contribution is -0.189. The van der Waals surface area contributed by atoms with Gasteiger partial charge in [-0.1, -0.05) is 20.8 Å². The molecule has 6 aromatic rings. The zero-order chi connectivity index (χ0) is 51.4. The van der Waals surface area contributed by atoms with E-state index in [0.29, 0.717) is 154 Å². The van der Waals surface area contributed by atoms with E-state index < -0.39 is 23.6 Å². The maximum atomic E-state index is 13.9. The number of fused-ring (bicyclic) bond motifs is 2. The summed E-state index contributed by atoms with van der Waals surface area (Å²) in [6.45, 7) is 16.7. The number of primary amides is 2. The number of likely N-dealkylation sites (tertiary alicyclic amines) is 1. The Balaban J connectivity index is 1.04. The number of amides is 5. The maximum Gasteiger partial charge on any atom is 0.295 e. The smallest absolute Gasteiger partial charge is 0.295 e. The van der Waals surface area contributed by atoms with Gasteiger partial charge in [-0.2, -0.15) is 5.10 Å². The number of aryl methyl sites for hydroxylation is 6. The van der Waals surface area contributed by atoms with Crippen molar-refractivity contribution in [2.45, 2.75) is 105 Å². The third-order valence-electron chi connectivity index (χ3n) is 13.1. The van der Waals surface area contributed by atoms with E-state index in [-0.39, 0.29) is 46.9 Å². The largest absolute Gasteiger partial charge is 0.494 e. The SMILES string of the molecule is CCc1nc(C)oc1C(=O)Nc1nc2cc(C(N)=O)cc(OCCCN3CC4(C3)CN(C(=O)CCC(C)C)CCO4)c2n1CCCCn1c(NC(=O)c2cc(C)nn2CC)nc2cc(C(N)=O)cc(OC)c21. The highest BCUT2D eigenvalue weighted by molar-refractivity contribution is 6.05. The molecule has 0 aliphatic carbocycles. The van der Waals surface area contributed by atoms with Crippen LogP contribution in [0.3, 0.4) is 0 Å². The summed E-state index contributed by atoms with van der Waals surface area (Å²) in [5.74, 6) is -0.179. The van der Waals surface area contributed by atoms with Gasteiger partial charge in [0.25, 0.3) is 11.8 Å². The lowest BCUT2D eigenvalue weighted by Crippen LogP contribution is -2.70. The van der Waals surface area contributed by atoms with Crippen LogP contribution in [0.15, 0.2) is 34.7 Å². The number of morpholine rings is 1. The number of nitrogens with one attached hydrogen (secondary N) is 2. The van der Waals surface area contributed by atoms with Crippen LogP contribution in [0.25, 0.3) is 22.1 Å². The van der Waals surface area contributed by atoms with Crippen LogP contribution in [-0.4, -0.2) is 132 Å². The Labute approximate surface area is 416 Å². The van der Waals surface area contributed by atoms with Gasteiger partial charge in [-0.3, -0.25) is 44.2 Å². The summed E-state index contributed by atoms with van der Waals surface area (Å²) >= 11 is 0. The first kappa shape index (κ1) is 51.0. The van der Waals surface area contributed by atoms with E-state index in [0.717, 1.165) is 6.42 Å². The number of carbonyl (C=O) groups excluding carboxylic acids is 5. The fourth-order valence-electron chi connectivity index (χ4n) is 9.57. The lowest BCUT2D eigenvalue weighted by Gasteiger charge is -2.54. The summed E-state index contributed by atoms with van der Waals surface area (Å²) in [6, 6.07) is 7.95. The number of nitrogens with zero attached hydrogens (tertiary/aromatic N) is 9. The molecule has 0 bridgehead atoms. The first-order valence-electron chi connectivity index (χ1n) is 24.6. The summed E-state index contributed by atoms with van der Waals surface area (Å²) in [6.07, 6.45) is 3.49. The molecule has 2 aromatic carbocycles. The minimum absolute atomic E-state index is 0.0619. The predicted octanol–water partition coefficient (Wildman–Crippen LogP) is 5.08. The molecule has 1 spiro atoms. The number of benzene rings is 2. The number of methoxy groups -OCH3 is 1. The molecular weight excluding hydrogens is 927 g/mol. The fraction of sp³-hybridized carbons (Fsp3) is 0.500. The number of carbonyl (C=O) groups is 5. The van der Waals surface area contributed by atoms with Crippen molar-refractivity contribution in [3.05, 3.63) is 70.2 Å². The molecule has 0 radical (unpaired) electrons. The first-order valence-corrected chi connectivity index (χ1v) is 24.6. The summed E-state index contributed by atoms with van der Waals surface area (Å²) in [5, 5.41) is 10.3. The highest BCUT2D eigenvalue weighted by Gasteiger charge is 2.47. The van der Waals surface area contributed by atoms with E-state index in [1.807, 2.05) is 34.8 Å². The van der Waals surface area contributed by atoms with Crippen LogP contribution in [0.4, 0.5) is 11.9 Å². The van der Waals surface area contributed by atoms with Crippen LogP contribution in [0, 0.1) is 19.8 Å². The van der Waals surface area contributed by atoms with E-state index in [1.54, 1.807) is 35.9 Å². The van der Waals surface area contributed by atoms with Crippen LogP contribution >= 0.6 is 0 Å². The zero-order valence-electron chi connectivity index (χ0n) is 42.1. The molecule has 2 fully saturated rings. The quantitative estimate of drug-likeness (QED) is 0.0646. The lowest BCUT2D eigenvalue weighted by atomic mass is 9.91. The molecule has 2 aliphatic heterocycles. The van der Waals surface area contributed by atoms with E-state index in [2.05, 4.69) is 39.5 Å². The van der Waals surface area contributed by atoms with Gasteiger partial charge in [0.05, 0.1) is 49.3 Å². The molecule has 0 unspecified atom stereocenters. The third kappa shape index (κ3) is 10.9. The molecule has 6 heterocycles. The van der Waals surface area contributed by atoms with Gasteiger partial charge in [0, 0.05) is 70.3 Å². The second kappa shape index (κ2) is 21.6. The Bertz CT molecular complexity index is 3010. The number of anilines is 2. The summed E-state index contributed by atoms with van der Waals surface area (Å²) in [7, 11) is 1.48. The fourth-order valence-corrected chi connectivity index (χ4v) is 9.57. The minimum Gasteiger partial charge on any atom is -0.494 e. The average molecular weight is 992 g/mol. The summed E-state index contributed by atoms with van der Waals surface area (Å²) in [5.41, 5.74) is 14.9. The van der Waals surface area contributed by atoms with Crippen molar-refractivity contribution in [1.82, 2.24) is 43.7 Å². The molecule has 2 aliphatic rings. The molecule has 5 amide bonds. The van der Waals surface area contributed by atoms with Gasteiger partial charge in [-0.15, -0.1) is 0 Å². The number of rotatable bonds is 22. The maximum absolute atomic E-state index is 13.9. The van der Waals surface area contributed by atoms with Crippen LogP contribution in [0.1, 0.15) is 119 Å². The van der Waals surface area contributed by atoms with Gasteiger partial charge in [-0.05, 0) is 82.2 Å². The van der Waals surface area contributed by atoms with Gasteiger partial charge in [0.1, 0.15) is 33.8 Å². The number of ether oxygens (including phenoxy) is 3. The van der Waals surface area contributed by atoms with Crippen molar-refractivity contribution >= 4 is 63.5 Å². The Hall–Kier alpha value is -7.33. The van der Waals surface area contributed by atoms with Crippen molar-refractivity contribution in [3.63, 3.8) is 0 Å². The Morgan fingerprint density at radius 1 is 0.806 bits per heavy atom. The van der Waals surface area contributed by atoms with Gasteiger partial charge in [0.2, 0.25) is 35.4 Å². The molecule has 0 saturated carbocycles. The number of nitrogens with two attached hydrogens (primary N) is 2. The average Bonchev–Trinajstić information content (AvgIpc) is 4.11. The van der Waals surface area contributed by atoms with E-state index >= 15 is 0 Å². The normalized spacial score (nSPS) is 14.6. The number of hydrogen-bond donors (Lipinski definition) is 4. The Morgan fingerprint density at radius 3 is 2.03 bits per heavy atom. The molecule has 72 heavy (non-hydrogen) atoms. The van der Waals surface area contributed by atoms with Crippen LogP contribution in [-0.2, 0) is 35.6 Å². The number of imidazole rings is 2. The molecule has 2 saturated heterocycles. The van der Waals surface area contributed by atoms with Gasteiger partial charge in [-0.25, -0.2) is 15.0 Å². The highest BCUT2D eigenvalue weighted by Crippen LogP contribution is 2.35. The summed E-state index contributed by atoms with van der Waals surface area (Å²) < 4.78 is 29.5. The molecule has 8 rings (SSSR count). The van der Waals surface area contributed by atoms with Crippen molar-refractivity contribution in [1.29, 1.82) is 0 Å². The van der Waals surface area contributed by atoms with Gasteiger partial charge >= 0.3 is 0 Å². The standard InChI is InChI=1S/C50H65N13O9/c1-8-34-43(72-31(6)53-34)47(68)57-49-55-36-23-33(45(52)66)25-39(70-19-12-15-59-26-50(27-59)28-60(18-20-71-50)40(64)14-13-29(3)4)42(36)62(49)17-11-10-16-61-41-35(22-32(44(51)65)24-38(41)69-7)54-48(61)56-46(67)37-21-30(5)58-63(37)9-2/h21-25,29H,8-20,26-28H2,1-7H3,(H2,51,65)(H2,52,66)(H,54,56,67)(H,55,57,68). The zero-order valence-corrected chi connectivity index (χ0v) is 42.1. The van der Waals surface area contributed by atoms with E-state index in [9.17, 15) is 24.0 Å². The van der Waals surface area contributed by atoms with Crippen LogP contribution in [0.5, 0.6) is 11.5 Å². The topological polar surface area (TPSA) is 275 Å². The predicted molar refractivity (Wildman–Crippen MR) is 267 cm³/mol. The van der Waals surface area contributed by atoms with Crippen molar-refractivity contribution in [2.24, 2.45) is 17.4 Å². The van der Waals surface area contributed by atoms with Gasteiger partial charge in [0.15, 0.2) is 5.89 Å². The second-order valence-corrected chi connectivity index (χ2v) is 18.9. The molecule has 384 valence electrons. The molecule has 0 atom stereocenters. The third-order valence-corrected chi connectivity index (χ3v) is 13.1. The second-order valence-electron chi connectivity index (χ2n) is 18.9. The Kier molecular flexibility index (Phi) is 15.3. The van der Waals surface area contributed by atoms with Crippen molar-refractivity contribution in [2.75, 3.05) is 63.7 Å². The van der Waals surface area contributed by atoms with Crippen molar-refractivity contribution < 1.29 is 42.6 Å². The molecular formula is C50H65N13O9. The van der Waals surface area contributed by atoms with E-state index in [4.69, 9.17) is 40.1 Å². The van der Waals surface area contributed by atoms with Crippen LogP contribution < -0.4 is 31.6 Å². The van der Waals surface area contributed by atoms with Crippen molar-refractivity contribution in [3.8, 4) is 11.5 Å². The molecule has 4 aromatic heterocycles. The molecule has 22 heteroatoms. The molecule has 6 N–H and O–H groups in total. The van der Waals surface area contributed by atoms with Gasteiger partial charge < -0.3 is 44.1 Å². The number of hydrogen-bond acceptors (Lipinski definition) is 14. The number of oxazole rings is 1. The minimum atomic E-state index is -0.676.